The summed E-state index contributed by atoms with van der Waals surface area (Å²) in [5.41, 5.74) is 0. The van der Waals surface area contributed by atoms with Crippen LogP contribution >= 0.6 is 7.82 Å². The maximum absolute atomic E-state index is 8.88. The van der Waals surface area contributed by atoms with E-state index in [0.717, 1.165) is 20.4 Å². The van der Waals surface area contributed by atoms with Crippen LogP contribution in [0, 0.1) is 0 Å². The molecule has 3 N–H and O–H groups in total. The molecule has 0 saturated heterocycles. The summed E-state index contributed by atoms with van der Waals surface area (Å²) in [5, 5.41) is 0. The summed E-state index contributed by atoms with van der Waals surface area (Å²) in [5.74, 6) is 0. The molecule has 0 aliphatic heterocycles. The first kappa shape index (κ1) is 16.2. The van der Waals surface area contributed by atoms with Gasteiger partial charge >= 0.3 is 31.6 Å². The second-order valence-electron chi connectivity index (χ2n) is 0.513. The third-order valence-electron chi connectivity index (χ3n) is 0. The summed E-state index contributed by atoms with van der Waals surface area (Å²) >= 11 is 0.750. The van der Waals surface area contributed by atoms with Gasteiger partial charge in [-0.3, -0.25) is 0 Å². The van der Waals surface area contributed by atoms with Crippen LogP contribution in [0.3, 0.4) is 0 Å². The van der Waals surface area contributed by atoms with E-state index >= 15 is 0 Å². The molecule has 0 aliphatic rings. The largest absolute Gasteiger partial charge is 0 e. The van der Waals surface area contributed by atoms with Crippen molar-refractivity contribution < 1.29 is 64.7 Å². The quantitative estimate of drug-likeness (QED) is 0.350. The minimum absolute atomic E-state index is 0. The summed E-state index contributed by atoms with van der Waals surface area (Å²) in [6.45, 7) is 0. The summed E-state index contributed by atoms with van der Waals surface area (Å²) < 4.78 is 17.1. The van der Waals surface area contributed by atoms with Crippen molar-refractivity contribution in [3.63, 3.8) is 0 Å². The topological polar surface area (TPSA) is 94.8 Å². The van der Waals surface area contributed by atoms with Gasteiger partial charge in [0.2, 0.25) is 0 Å². The van der Waals surface area contributed by atoms with Gasteiger partial charge < -0.3 is 14.7 Å². The SMILES string of the molecule is O=P(O)(O)O.[O]=[Ti].[Ti]. The fourth-order valence-electron chi connectivity index (χ4n) is 0. The first-order chi connectivity index (χ1) is 3.00. The van der Waals surface area contributed by atoms with Gasteiger partial charge in [0.05, 0.1) is 0 Å². The summed E-state index contributed by atoms with van der Waals surface area (Å²) in [6, 6.07) is 0. The molecular weight excluding hydrogens is 207 g/mol. The van der Waals surface area contributed by atoms with E-state index in [9.17, 15) is 0 Å². The van der Waals surface area contributed by atoms with Gasteiger partial charge in [-0.25, -0.2) is 4.57 Å². The molecule has 0 aromatic carbocycles. The molecular formula is H3O5PTi2. The van der Waals surface area contributed by atoms with Gasteiger partial charge in [-0.05, 0) is 0 Å². The predicted octanol–water partition coefficient (Wildman–Crippen LogP) is -1.05. The monoisotopic (exact) mass is 210 g/mol. The minimum atomic E-state index is -4.64. The second kappa shape index (κ2) is 8.34. The van der Waals surface area contributed by atoms with Crippen LogP contribution in [-0.4, -0.2) is 14.7 Å². The third-order valence-corrected chi connectivity index (χ3v) is 0. The first-order valence-corrected chi connectivity index (χ1v) is 3.19. The Bertz CT molecular complexity index is 66.2. The Labute approximate surface area is 72.3 Å². The zero-order chi connectivity index (χ0) is 6.50. The van der Waals surface area contributed by atoms with E-state index in [1.54, 1.807) is 0 Å². The summed E-state index contributed by atoms with van der Waals surface area (Å²) in [7, 11) is -4.64. The Balaban J connectivity index is -0.0000000750. The van der Waals surface area contributed by atoms with Crippen molar-refractivity contribution in [2.75, 3.05) is 0 Å². The first-order valence-electron chi connectivity index (χ1n) is 0.987. The maximum atomic E-state index is 8.88. The van der Waals surface area contributed by atoms with Crippen LogP contribution in [-0.2, 0) is 50.0 Å². The number of rotatable bonds is 0. The van der Waals surface area contributed by atoms with E-state index in [1.165, 1.54) is 0 Å². The van der Waals surface area contributed by atoms with Crippen molar-refractivity contribution in [3.8, 4) is 0 Å². The van der Waals surface area contributed by atoms with Crippen molar-refractivity contribution in [1.82, 2.24) is 0 Å². The molecule has 0 aromatic heterocycles. The smallest absolute Gasteiger partial charge is 0 e. The molecule has 0 atom stereocenters. The van der Waals surface area contributed by atoms with Gasteiger partial charge in [0.1, 0.15) is 0 Å². The molecule has 0 spiro atoms. The van der Waals surface area contributed by atoms with E-state index in [1.807, 2.05) is 0 Å². The van der Waals surface area contributed by atoms with Gasteiger partial charge in [-0.1, -0.05) is 0 Å². The molecule has 0 saturated carbocycles. The Hall–Kier alpha value is 1.34. The van der Waals surface area contributed by atoms with Crippen molar-refractivity contribution in [2.45, 2.75) is 0 Å². The van der Waals surface area contributed by atoms with E-state index in [4.69, 9.17) is 22.6 Å². The van der Waals surface area contributed by atoms with Crippen molar-refractivity contribution in [1.29, 1.82) is 0 Å². The third kappa shape index (κ3) is 165. The Morgan fingerprint density at radius 1 is 1.12 bits per heavy atom. The van der Waals surface area contributed by atoms with Crippen LogP contribution in [0.4, 0.5) is 0 Å². The van der Waals surface area contributed by atoms with Crippen LogP contribution in [0.2, 0.25) is 0 Å². The molecule has 0 fully saturated rings. The molecule has 0 bridgehead atoms. The van der Waals surface area contributed by atoms with Crippen LogP contribution in [0.1, 0.15) is 0 Å². The molecule has 46 valence electrons. The van der Waals surface area contributed by atoms with Crippen molar-refractivity contribution in [3.05, 3.63) is 0 Å². The van der Waals surface area contributed by atoms with Crippen LogP contribution in [0.25, 0.3) is 0 Å². The molecule has 8 heteroatoms. The minimum Gasteiger partial charge on any atom is 0 e. The normalized spacial score (nSPS) is 7.75. The average Bonchev–Trinajstić information content (AvgIpc) is 1.36. The predicted molar refractivity (Wildman–Crippen MR) is 14.9 cm³/mol. The molecule has 5 nitrogen and oxygen atoms in total. The number of phosphoric acid groups is 1. The van der Waals surface area contributed by atoms with Gasteiger partial charge in [0.25, 0.3) is 0 Å². The van der Waals surface area contributed by atoms with Gasteiger partial charge in [-0.15, -0.1) is 0 Å². The number of hydrogen-bond donors (Lipinski definition) is 3. The molecule has 0 amide bonds. The Morgan fingerprint density at radius 2 is 1.12 bits per heavy atom. The molecule has 8 heavy (non-hydrogen) atoms. The summed E-state index contributed by atoms with van der Waals surface area (Å²) in [6.07, 6.45) is 0. The molecule has 0 unspecified atom stereocenters. The summed E-state index contributed by atoms with van der Waals surface area (Å²) in [4.78, 5) is 21.6. The Morgan fingerprint density at radius 3 is 1.12 bits per heavy atom. The van der Waals surface area contributed by atoms with Crippen LogP contribution < -0.4 is 0 Å². The van der Waals surface area contributed by atoms with E-state index in [2.05, 4.69) is 0 Å². The van der Waals surface area contributed by atoms with Gasteiger partial charge in [0, 0.05) is 21.7 Å². The standard InChI is InChI=1S/H3O4P.O.2Ti/c1-5(2,3)4;;;/h(H3,1,2,3,4);;;. The molecule has 0 radical (unpaired) electrons. The zero-order valence-corrected chi connectivity index (χ0v) is 7.62. The van der Waals surface area contributed by atoms with Gasteiger partial charge in [0.15, 0.2) is 0 Å². The fraction of sp³-hybridized carbons (Fsp3) is 0. The average molecular weight is 210 g/mol. The van der Waals surface area contributed by atoms with Crippen molar-refractivity contribution in [2.24, 2.45) is 0 Å². The van der Waals surface area contributed by atoms with Gasteiger partial charge in [-0.2, -0.15) is 0 Å². The van der Waals surface area contributed by atoms with E-state index in [0.29, 0.717) is 0 Å². The molecule has 0 aromatic rings. The van der Waals surface area contributed by atoms with E-state index in [-0.39, 0.29) is 21.7 Å². The molecule has 0 aliphatic carbocycles. The zero-order valence-electron chi connectivity index (χ0n) is 3.61. The Kier molecular flexibility index (Phi) is 16.8. The molecule has 0 heterocycles. The maximum Gasteiger partial charge on any atom is 0 e. The number of hydrogen-bond acceptors (Lipinski definition) is 2. The fourth-order valence-corrected chi connectivity index (χ4v) is 0. The van der Waals surface area contributed by atoms with Crippen LogP contribution in [0.15, 0.2) is 0 Å². The second-order valence-corrected chi connectivity index (χ2v) is 1.54. The van der Waals surface area contributed by atoms with Crippen LogP contribution in [0.5, 0.6) is 0 Å². The van der Waals surface area contributed by atoms with Crippen molar-refractivity contribution >= 4 is 7.82 Å². The molecule has 0 rings (SSSR count). The van der Waals surface area contributed by atoms with E-state index < -0.39 is 7.82 Å².